The van der Waals surface area contributed by atoms with E-state index in [1.807, 2.05) is 12.1 Å². The Morgan fingerprint density at radius 1 is 0.393 bits per heavy atom. The maximum Gasteiger partial charge on any atom is 0.0400 e. The van der Waals surface area contributed by atoms with Crippen molar-refractivity contribution in [2.75, 3.05) is 10.6 Å². The summed E-state index contributed by atoms with van der Waals surface area (Å²) < 4.78 is 0. The molecule has 0 heterocycles. The Morgan fingerprint density at radius 3 is 1.11 bits per heavy atom. The van der Waals surface area contributed by atoms with Crippen LogP contribution in [0.25, 0.3) is 11.1 Å². The Kier molecular flexibility index (Phi) is 5.69. The van der Waals surface area contributed by atoms with E-state index >= 15 is 0 Å². The number of benzene rings is 4. The lowest BCUT2D eigenvalue weighted by atomic mass is 10.0. The standard InChI is InChI=1S/C26H24N2/c1-3-7-21(8-4-1)19-27-25-15-11-23(12-16-25)24-13-17-26(18-14-24)28-20-22-9-5-2-6-10-22/h1-18,27-28H,19-20H2. The van der Waals surface area contributed by atoms with Crippen LogP contribution in [0.4, 0.5) is 11.4 Å². The first-order valence-corrected chi connectivity index (χ1v) is 9.63. The summed E-state index contributed by atoms with van der Waals surface area (Å²) in [5.41, 5.74) is 7.28. The topological polar surface area (TPSA) is 24.1 Å². The molecular weight excluding hydrogens is 340 g/mol. The molecule has 0 radical (unpaired) electrons. The molecule has 2 nitrogen and oxygen atoms in total. The third kappa shape index (κ3) is 4.80. The molecule has 138 valence electrons. The van der Waals surface area contributed by atoms with Crippen LogP contribution in [-0.2, 0) is 13.1 Å². The molecule has 2 heteroatoms. The first kappa shape index (κ1) is 17.9. The Labute approximate surface area is 166 Å². The lowest BCUT2D eigenvalue weighted by Gasteiger charge is -2.10. The molecule has 4 rings (SSSR count). The van der Waals surface area contributed by atoms with Gasteiger partial charge in [-0.05, 0) is 46.5 Å². The Hall–Kier alpha value is -3.52. The molecule has 0 bridgehead atoms. The van der Waals surface area contributed by atoms with E-state index in [4.69, 9.17) is 0 Å². The van der Waals surface area contributed by atoms with Crippen LogP contribution in [0.2, 0.25) is 0 Å². The van der Waals surface area contributed by atoms with Gasteiger partial charge >= 0.3 is 0 Å². The van der Waals surface area contributed by atoms with Gasteiger partial charge in [-0.3, -0.25) is 0 Å². The number of hydrogen-bond donors (Lipinski definition) is 2. The van der Waals surface area contributed by atoms with Crippen molar-refractivity contribution < 1.29 is 0 Å². The summed E-state index contributed by atoms with van der Waals surface area (Å²) in [6.45, 7) is 1.67. The summed E-state index contributed by atoms with van der Waals surface area (Å²) in [7, 11) is 0. The molecule has 0 spiro atoms. The summed E-state index contributed by atoms with van der Waals surface area (Å²) in [6, 6.07) is 38.1. The van der Waals surface area contributed by atoms with Crippen molar-refractivity contribution in [3.8, 4) is 11.1 Å². The highest BCUT2D eigenvalue weighted by atomic mass is 14.9. The molecular formula is C26H24N2. The predicted molar refractivity (Wildman–Crippen MR) is 119 cm³/mol. The zero-order chi connectivity index (χ0) is 19.0. The molecule has 0 unspecified atom stereocenters. The second-order valence-corrected chi connectivity index (χ2v) is 6.83. The summed E-state index contributed by atoms with van der Waals surface area (Å²) >= 11 is 0. The van der Waals surface area contributed by atoms with Gasteiger partial charge in [0.2, 0.25) is 0 Å². The van der Waals surface area contributed by atoms with Crippen LogP contribution in [0.3, 0.4) is 0 Å². The van der Waals surface area contributed by atoms with Crippen molar-refractivity contribution in [2.24, 2.45) is 0 Å². The summed E-state index contributed by atoms with van der Waals surface area (Å²) in [5.74, 6) is 0. The van der Waals surface area contributed by atoms with Gasteiger partial charge in [0.25, 0.3) is 0 Å². The SMILES string of the molecule is c1ccc(CNc2ccc(-c3ccc(NCc4ccccc4)cc3)cc2)cc1. The molecule has 4 aromatic carbocycles. The van der Waals surface area contributed by atoms with Gasteiger partial charge in [0.1, 0.15) is 0 Å². The number of anilines is 2. The molecule has 2 N–H and O–H groups in total. The molecule has 0 aliphatic carbocycles. The predicted octanol–water partition coefficient (Wildman–Crippen LogP) is 6.58. The lowest BCUT2D eigenvalue weighted by Crippen LogP contribution is -1.99. The highest BCUT2D eigenvalue weighted by Gasteiger charge is 2.00. The van der Waals surface area contributed by atoms with E-state index in [0.29, 0.717) is 0 Å². The summed E-state index contributed by atoms with van der Waals surface area (Å²) in [4.78, 5) is 0. The zero-order valence-corrected chi connectivity index (χ0v) is 15.8. The van der Waals surface area contributed by atoms with E-state index in [0.717, 1.165) is 24.5 Å². The summed E-state index contributed by atoms with van der Waals surface area (Å²) in [5, 5.41) is 6.94. The molecule has 0 aromatic heterocycles. The lowest BCUT2D eigenvalue weighted by molar-refractivity contribution is 1.15. The van der Waals surface area contributed by atoms with Gasteiger partial charge in [-0.1, -0.05) is 84.9 Å². The average molecular weight is 364 g/mol. The molecule has 4 aromatic rings. The van der Waals surface area contributed by atoms with Gasteiger partial charge in [0, 0.05) is 24.5 Å². The summed E-state index contributed by atoms with van der Waals surface area (Å²) in [6.07, 6.45) is 0. The fourth-order valence-electron chi connectivity index (χ4n) is 3.16. The van der Waals surface area contributed by atoms with Gasteiger partial charge in [0.15, 0.2) is 0 Å². The minimum atomic E-state index is 0.835. The van der Waals surface area contributed by atoms with Crippen molar-refractivity contribution in [3.05, 3.63) is 120 Å². The average Bonchev–Trinajstić information content (AvgIpc) is 2.78. The highest BCUT2D eigenvalue weighted by Crippen LogP contribution is 2.23. The normalized spacial score (nSPS) is 10.4. The van der Waals surface area contributed by atoms with Gasteiger partial charge in [0.05, 0.1) is 0 Å². The van der Waals surface area contributed by atoms with Crippen LogP contribution in [0.5, 0.6) is 0 Å². The van der Waals surface area contributed by atoms with Crippen LogP contribution in [0.15, 0.2) is 109 Å². The Balaban J connectivity index is 1.34. The van der Waals surface area contributed by atoms with Crippen molar-refractivity contribution in [3.63, 3.8) is 0 Å². The fourth-order valence-corrected chi connectivity index (χ4v) is 3.16. The quantitative estimate of drug-likeness (QED) is 0.387. The first-order chi connectivity index (χ1) is 13.9. The smallest absolute Gasteiger partial charge is 0.0400 e. The van der Waals surface area contributed by atoms with Crippen LogP contribution in [0, 0.1) is 0 Å². The number of nitrogens with one attached hydrogen (secondary N) is 2. The number of hydrogen-bond acceptors (Lipinski definition) is 2. The van der Waals surface area contributed by atoms with E-state index in [-0.39, 0.29) is 0 Å². The molecule has 0 aliphatic rings. The first-order valence-electron chi connectivity index (χ1n) is 9.63. The van der Waals surface area contributed by atoms with E-state index in [1.54, 1.807) is 0 Å². The highest BCUT2D eigenvalue weighted by molar-refractivity contribution is 5.68. The second kappa shape index (κ2) is 8.92. The van der Waals surface area contributed by atoms with Gasteiger partial charge < -0.3 is 10.6 Å². The van der Waals surface area contributed by atoms with Gasteiger partial charge in [-0.2, -0.15) is 0 Å². The maximum absolute atomic E-state index is 3.47. The van der Waals surface area contributed by atoms with Crippen LogP contribution < -0.4 is 10.6 Å². The molecule has 28 heavy (non-hydrogen) atoms. The largest absolute Gasteiger partial charge is 0.381 e. The van der Waals surface area contributed by atoms with Crippen LogP contribution >= 0.6 is 0 Å². The molecule has 0 amide bonds. The molecule has 0 saturated carbocycles. The van der Waals surface area contributed by atoms with E-state index < -0.39 is 0 Å². The van der Waals surface area contributed by atoms with Crippen molar-refractivity contribution in [2.45, 2.75) is 13.1 Å². The van der Waals surface area contributed by atoms with Crippen LogP contribution in [-0.4, -0.2) is 0 Å². The van der Waals surface area contributed by atoms with E-state index in [9.17, 15) is 0 Å². The van der Waals surface area contributed by atoms with Crippen molar-refractivity contribution in [1.82, 2.24) is 0 Å². The molecule has 0 atom stereocenters. The zero-order valence-electron chi connectivity index (χ0n) is 15.8. The van der Waals surface area contributed by atoms with Crippen LogP contribution in [0.1, 0.15) is 11.1 Å². The third-order valence-electron chi connectivity index (χ3n) is 4.78. The third-order valence-corrected chi connectivity index (χ3v) is 4.78. The maximum atomic E-state index is 3.47. The Bertz CT molecular complexity index is 891. The monoisotopic (exact) mass is 364 g/mol. The fraction of sp³-hybridized carbons (Fsp3) is 0.0769. The van der Waals surface area contributed by atoms with E-state index in [1.165, 1.54) is 22.3 Å². The van der Waals surface area contributed by atoms with Gasteiger partial charge in [-0.25, -0.2) is 0 Å². The van der Waals surface area contributed by atoms with Crippen molar-refractivity contribution in [1.29, 1.82) is 0 Å². The molecule has 0 aliphatic heterocycles. The molecule has 0 saturated heterocycles. The minimum absolute atomic E-state index is 0.835. The Morgan fingerprint density at radius 2 is 0.750 bits per heavy atom. The van der Waals surface area contributed by atoms with Gasteiger partial charge in [-0.15, -0.1) is 0 Å². The van der Waals surface area contributed by atoms with E-state index in [2.05, 4.69) is 108 Å². The number of rotatable bonds is 7. The minimum Gasteiger partial charge on any atom is -0.381 e. The van der Waals surface area contributed by atoms with Crippen molar-refractivity contribution >= 4 is 11.4 Å². The molecule has 0 fully saturated rings. The second-order valence-electron chi connectivity index (χ2n) is 6.83.